The number of nitrogens with zero attached hydrogens (tertiary/aromatic N) is 3. The Labute approximate surface area is 115 Å². The van der Waals surface area contributed by atoms with Gasteiger partial charge in [0.15, 0.2) is 5.76 Å². The lowest BCUT2D eigenvalue weighted by Gasteiger charge is -2.07. The van der Waals surface area contributed by atoms with Gasteiger partial charge in [0.25, 0.3) is 0 Å². The maximum Gasteiger partial charge on any atom is 0.154 e. The third kappa shape index (κ3) is 2.06. The molecule has 3 aromatic rings. The zero-order valence-electron chi connectivity index (χ0n) is 11.0. The van der Waals surface area contributed by atoms with Gasteiger partial charge in [-0.3, -0.25) is 0 Å². The van der Waals surface area contributed by atoms with E-state index in [1.807, 2.05) is 36.4 Å². The van der Waals surface area contributed by atoms with Gasteiger partial charge < -0.3 is 14.9 Å². The second kappa shape index (κ2) is 5.18. The lowest BCUT2D eigenvalue weighted by atomic mass is 10.2. The summed E-state index contributed by atoms with van der Waals surface area (Å²) in [5, 5.41) is 8.27. The molecule has 0 spiro atoms. The van der Waals surface area contributed by atoms with E-state index < -0.39 is 0 Å². The molecule has 6 nitrogen and oxygen atoms in total. The predicted molar refractivity (Wildman–Crippen MR) is 73.5 cm³/mol. The predicted octanol–water partition coefficient (Wildman–Crippen LogP) is 1.99. The van der Waals surface area contributed by atoms with Crippen LogP contribution in [0.1, 0.15) is 5.69 Å². The summed E-state index contributed by atoms with van der Waals surface area (Å²) >= 11 is 0. The monoisotopic (exact) mass is 270 g/mol. The van der Waals surface area contributed by atoms with E-state index in [2.05, 4.69) is 10.3 Å². The van der Waals surface area contributed by atoms with Gasteiger partial charge in [0.2, 0.25) is 0 Å². The zero-order chi connectivity index (χ0) is 13.9. The summed E-state index contributed by atoms with van der Waals surface area (Å²) in [6.07, 6.45) is 1.61. The summed E-state index contributed by atoms with van der Waals surface area (Å²) in [6, 6.07) is 11.2. The molecule has 3 rings (SSSR count). The van der Waals surface area contributed by atoms with Crippen molar-refractivity contribution < 1.29 is 9.15 Å². The maximum atomic E-state index is 5.72. The number of ether oxygens (including phenoxy) is 1. The van der Waals surface area contributed by atoms with Crippen molar-refractivity contribution in [3.05, 3.63) is 48.4 Å². The minimum atomic E-state index is 0.292. The maximum absolute atomic E-state index is 5.72. The van der Waals surface area contributed by atoms with Crippen LogP contribution in [-0.4, -0.2) is 22.1 Å². The highest BCUT2D eigenvalue weighted by Gasteiger charge is 2.17. The number of rotatable bonds is 4. The van der Waals surface area contributed by atoms with Crippen LogP contribution in [0.5, 0.6) is 5.75 Å². The fraction of sp³-hybridized carbons (Fsp3) is 0.143. The van der Waals surface area contributed by atoms with E-state index in [-0.39, 0.29) is 0 Å². The van der Waals surface area contributed by atoms with Gasteiger partial charge in [-0.1, -0.05) is 11.3 Å². The average molecular weight is 270 g/mol. The largest absolute Gasteiger partial charge is 0.497 e. The Morgan fingerprint density at radius 2 is 2.20 bits per heavy atom. The lowest BCUT2D eigenvalue weighted by molar-refractivity contribution is 0.414. The fourth-order valence-corrected chi connectivity index (χ4v) is 2.03. The molecule has 2 aromatic heterocycles. The summed E-state index contributed by atoms with van der Waals surface area (Å²) in [5.74, 6) is 1.43. The van der Waals surface area contributed by atoms with Crippen molar-refractivity contribution in [2.24, 2.45) is 5.73 Å². The number of nitrogens with two attached hydrogens (primary N) is 1. The Morgan fingerprint density at radius 1 is 1.30 bits per heavy atom. The SMILES string of the molecule is COc1cccc(-n2nnc(CN)c2-c2ccco2)c1. The first-order valence-electron chi connectivity index (χ1n) is 6.16. The van der Waals surface area contributed by atoms with Crippen LogP contribution < -0.4 is 10.5 Å². The zero-order valence-corrected chi connectivity index (χ0v) is 11.0. The van der Waals surface area contributed by atoms with Crippen molar-refractivity contribution in [2.75, 3.05) is 7.11 Å². The third-order valence-electron chi connectivity index (χ3n) is 2.99. The average Bonchev–Trinajstić information content (AvgIpc) is 3.15. The summed E-state index contributed by atoms with van der Waals surface area (Å²) < 4.78 is 12.4. The van der Waals surface area contributed by atoms with Gasteiger partial charge in [0, 0.05) is 12.6 Å². The molecule has 6 heteroatoms. The van der Waals surface area contributed by atoms with Crippen LogP contribution in [-0.2, 0) is 6.54 Å². The molecule has 0 bridgehead atoms. The Hall–Kier alpha value is -2.60. The first kappa shape index (κ1) is 12.4. The van der Waals surface area contributed by atoms with Crippen molar-refractivity contribution >= 4 is 0 Å². The molecular weight excluding hydrogens is 256 g/mol. The Kier molecular flexibility index (Phi) is 3.22. The molecule has 0 aliphatic carbocycles. The molecular formula is C14H14N4O2. The molecule has 0 atom stereocenters. The van der Waals surface area contributed by atoms with Crippen molar-refractivity contribution in [3.8, 4) is 22.9 Å². The normalized spacial score (nSPS) is 10.7. The van der Waals surface area contributed by atoms with E-state index in [4.69, 9.17) is 14.9 Å². The molecule has 0 aliphatic rings. The first-order chi connectivity index (χ1) is 9.83. The minimum absolute atomic E-state index is 0.292. The van der Waals surface area contributed by atoms with Crippen molar-refractivity contribution in [1.29, 1.82) is 0 Å². The molecule has 2 N–H and O–H groups in total. The topological polar surface area (TPSA) is 79.1 Å². The van der Waals surface area contributed by atoms with E-state index in [1.54, 1.807) is 18.1 Å². The first-order valence-corrected chi connectivity index (χ1v) is 6.16. The molecule has 1 aromatic carbocycles. The van der Waals surface area contributed by atoms with E-state index in [1.165, 1.54) is 0 Å². The second-order valence-corrected chi connectivity index (χ2v) is 4.18. The van der Waals surface area contributed by atoms with Crippen molar-refractivity contribution in [2.45, 2.75) is 6.54 Å². The number of benzene rings is 1. The summed E-state index contributed by atoms with van der Waals surface area (Å²) in [7, 11) is 1.62. The summed E-state index contributed by atoms with van der Waals surface area (Å²) in [6.45, 7) is 0.292. The molecule has 2 heterocycles. The Morgan fingerprint density at radius 3 is 2.90 bits per heavy atom. The van der Waals surface area contributed by atoms with Crippen LogP contribution in [0.4, 0.5) is 0 Å². The summed E-state index contributed by atoms with van der Waals surface area (Å²) in [4.78, 5) is 0. The van der Waals surface area contributed by atoms with Gasteiger partial charge >= 0.3 is 0 Å². The lowest BCUT2D eigenvalue weighted by Crippen LogP contribution is -2.02. The number of hydrogen-bond acceptors (Lipinski definition) is 5. The van der Waals surface area contributed by atoms with E-state index >= 15 is 0 Å². The number of furan rings is 1. The number of aromatic nitrogens is 3. The van der Waals surface area contributed by atoms with Gasteiger partial charge in [-0.25, -0.2) is 4.68 Å². The smallest absolute Gasteiger partial charge is 0.154 e. The van der Waals surface area contributed by atoms with Crippen LogP contribution in [0.25, 0.3) is 17.1 Å². The van der Waals surface area contributed by atoms with E-state index in [0.717, 1.165) is 17.1 Å². The van der Waals surface area contributed by atoms with Gasteiger partial charge in [-0.2, -0.15) is 0 Å². The second-order valence-electron chi connectivity index (χ2n) is 4.18. The molecule has 0 aliphatic heterocycles. The number of methoxy groups -OCH3 is 1. The number of hydrogen-bond donors (Lipinski definition) is 1. The van der Waals surface area contributed by atoms with Gasteiger partial charge in [-0.05, 0) is 24.3 Å². The molecule has 20 heavy (non-hydrogen) atoms. The standard InChI is InChI=1S/C14H14N4O2/c1-19-11-5-2-4-10(8-11)18-14(12(9-15)16-17-18)13-6-3-7-20-13/h2-8H,9,15H2,1H3. The van der Waals surface area contributed by atoms with Crippen molar-refractivity contribution in [3.63, 3.8) is 0 Å². The van der Waals surface area contributed by atoms with E-state index in [9.17, 15) is 0 Å². The molecule has 0 amide bonds. The van der Waals surface area contributed by atoms with Crippen LogP contribution in [0.15, 0.2) is 47.1 Å². The molecule has 0 saturated heterocycles. The van der Waals surface area contributed by atoms with Crippen LogP contribution in [0, 0.1) is 0 Å². The fourth-order valence-electron chi connectivity index (χ4n) is 2.03. The van der Waals surface area contributed by atoms with Gasteiger partial charge in [0.1, 0.15) is 17.1 Å². The van der Waals surface area contributed by atoms with E-state index in [0.29, 0.717) is 18.0 Å². The quantitative estimate of drug-likeness (QED) is 0.784. The Bertz CT molecular complexity index is 704. The highest BCUT2D eigenvalue weighted by Crippen LogP contribution is 2.26. The Balaban J connectivity index is 2.16. The summed E-state index contributed by atoms with van der Waals surface area (Å²) in [5.41, 5.74) is 8.00. The molecule has 0 saturated carbocycles. The highest BCUT2D eigenvalue weighted by atomic mass is 16.5. The van der Waals surface area contributed by atoms with Crippen molar-refractivity contribution in [1.82, 2.24) is 15.0 Å². The molecule has 102 valence electrons. The van der Waals surface area contributed by atoms with Crippen LogP contribution in [0.3, 0.4) is 0 Å². The highest BCUT2D eigenvalue weighted by molar-refractivity contribution is 5.59. The van der Waals surface area contributed by atoms with Crippen LogP contribution >= 0.6 is 0 Å². The third-order valence-corrected chi connectivity index (χ3v) is 2.99. The van der Waals surface area contributed by atoms with Gasteiger partial charge in [-0.15, -0.1) is 5.10 Å². The molecule has 0 fully saturated rings. The molecule has 0 unspecified atom stereocenters. The van der Waals surface area contributed by atoms with Gasteiger partial charge in [0.05, 0.1) is 19.1 Å². The minimum Gasteiger partial charge on any atom is -0.497 e. The molecule has 0 radical (unpaired) electrons. The van der Waals surface area contributed by atoms with Crippen LogP contribution in [0.2, 0.25) is 0 Å².